The van der Waals surface area contributed by atoms with Crippen LogP contribution in [-0.2, 0) is 11.8 Å². The topological polar surface area (TPSA) is 46.9 Å². The van der Waals surface area contributed by atoms with Gasteiger partial charge in [-0.05, 0) is 20.3 Å². The van der Waals surface area contributed by atoms with E-state index in [1.807, 2.05) is 20.9 Å². The summed E-state index contributed by atoms with van der Waals surface area (Å²) in [5.41, 5.74) is 2.75. The SMILES string of the molecule is CCCCCCC(=O)Nc1c(C)nn(C)c1C. The first-order chi connectivity index (χ1) is 8.06. The van der Waals surface area contributed by atoms with Gasteiger partial charge in [-0.15, -0.1) is 0 Å². The first-order valence-corrected chi connectivity index (χ1v) is 6.36. The fourth-order valence-electron chi connectivity index (χ4n) is 1.87. The molecule has 0 radical (unpaired) electrons. The van der Waals surface area contributed by atoms with Crippen molar-refractivity contribution < 1.29 is 4.79 Å². The van der Waals surface area contributed by atoms with Gasteiger partial charge in [0.2, 0.25) is 5.91 Å². The molecule has 1 aromatic heterocycles. The molecule has 1 heterocycles. The second kappa shape index (κ2) is 6.42. The highest BCUT2D eigenvalue weighted by Gasteiger charge is 2.11. The number of hydrogen-bond acceptors (Lipinski definition) is 2. The van der Waals surface area contributed by atoms with Crippen LogP contribution in [0.3, 0.4) is 0 Å². The highest BCUT2D eigenvalue weighted by atomic mass is 16.1. The molecule has 0 saturated heterocycles. The molecule has 0 bridgehead atoms. The number of carbonyl (C=O) groups excluding carboxylic acids is 1. The van der Waals surface area contributed by atoms with Crippen LogP contribution in [-0.4, -0.2) is 15.7 Å². The smallest absolute Gasteiger partial charge is 0.224 e. The Morgan fingerprint density at radius 3 is 2.53 bits per heavy atom. The average molecular weight is 237 g/mol. The van der Waals surface area contributed by atoms with Crippen LogP contribution in [0.5, 0.6) is 0 Å². The zero-order valence-electron chi connectivity index (χ0n) is 11.3. The van der Waals surface area contributed by atoms with Crippen molar-refractivity contribution in [2.24, 2.45) is 7.05 Å². The molecule has 4 heteroatoms. The molecule has 0 unspecified atom stereocenters. The van der Waals surface area contributed by atoms with Crippen LogP contribution in [0.2, 0.25) is 0 Å². The number of aryl methyl sites for hydroxylation is 2. The molecule has 4 nitrogen and oxygen atoms in total. The number of amides is 1. The highest BCUT2D eigenvalue weighted by Crippen LogP contribution is 2.18. The van der Waals surface area contributed by atoms with Gasteiger partial charge in [0.05, 0.1) is 17.1 Å². The molecule has 1 amide bonds. The minimum absolute atomic E-state index is 0.0975. The molecule has 0 atom stereocenters. The third-order valence-electron chi connectivity index (χ3n) is 3.03. The zero-order valence-corrected chi connectivity index (χ0v) is 11.3. The van der Waals surface area contributed by atoms with Crippen LogP contribution in [0.1, 0.15) is 50.4 Å². The number of nitrogens with one attached hydrogen (secondary N) is 1. The summed E-state index contributed by atoms with van der Waals surface area (Å²) in [4.78, 5) is 11.7. The molecule has 0 aliphatic rings. The van der Waals surface area contributed by atoms with Crippen LogP contribution in [0.4, 0.5) is 5.69 Å². The van der Waals surface area contributed by atoms with Gasteiger partial charge in [0, 0.05) is 13.5 Å². The maximum Gasteiger partial charge on any atom is 0.224 e. The molecule has 1 rings (SSSR count). The fraction of sp³-hybridized carbons (Fsp3) is 0.692. The van der Waals surface area contributed by atoms with Gasteiger partial charge in [0.1, 0.15) is 0 Å². The Balaban J connectivity index is 2.45. The first kappa shape index (κ1) is 13.7. The first-order valence-electron chi connectivity index (χ1n) is 6.36. The van der Waals surface area contributed by atoms with Gasteiger partial charge in [-0.3, -0.25) is 9.48 Å². The van der Waals surface area contributed by atoms with E-state index in [1.165, 1.54) is 12.8 Å². The van der Waals surface area contributed by atoms with Crippen molar-refractivity contribution in [3.63, 3.8) is 0 Å². The number of rotatable bonds is 6. The van der Waals surface area contributed by atoms with E-state index < -0.39 is 0 Å². The third kappa shape index (κ3) is 3.88. The van der Waals surface area contributed by atoms with Gasteiger partial charge in [-0.25, -0.2) is 0 Å². The van der Waals surface area contributed by atoms with Gasteiger partial charge in [-0.2, -0.15) is 5.10 Å². The van der Waals surface area contributed by atoms with Crippen molar-refractivity contribution in [1.29, 1.82) is 0 Å². The Kier molecular flexibility index (Phi) is 5.19. The lowest BCUT2D eigenvalue weighted by Gasteiger charge is -2.05. The van der Waals surface area contributed by atoms with E-state index in [2.05, 4.69) is 17.3 Å². The predicted molar refractivity (Wildman–Crippen MR) is 70.1 cm³/mol. The molecule has 0 saturated carbocycles. The van der Waals surface area contributed by atoms with E-state index in [-0.39, 0.29) is 5.91 Å². The minimum atomic E-state index is 0.0975. The van der Waals surface area contributed by atoms with E-state index in [9.17, 15) is 4.79 Å². The zero-order chi connectivity index (χ0) is 12.8. The fourth-order valence-corrected chi connectivity index (χ4v) is 1.87. The van der Waals surface area contributed by atoms with Gasteiger partial charge < -0.3 is 5.32 Å². The molecular formula is C13H23N3O. The van der Waals surface area contributed by atoms with Gasteiger partial charge in [0.15, 0.2) is 0 Å². The van der Waals surface area contributed by atoms with Crippen LogP contribution in [0.15, 0.2) is 0 Å². The third-order valence-corrected chi connectivity index (χ3v) is 3.03. The van der Waals surface area contributed by atoms with Crippen LogP contribution in [0, 0.1) is 13.8 Å². The Morgan fingerprint density at radius 1 is 1.29 bits per heavy atom. The molecular weight excluding hydrogens is 214 g/mol. The molecule has 0 aromatic carbocycles. The minimum Gasteiger partial charge on any atom is -0.323 e. The molecule has 17 heavy (non-hydrogen) atoms. The summed E-state index contributed by atoms with van der Waals surface area (Å²) in [6, 6.07) is 0. The summed E-state index contributed by atoms with van der Waals surface area (Å²) >= 11 is 0. The van der Waals surface area contributed by atoms with Crippen LogP contribution < -0.4 is 5.32 Å². The van der Waals surface area contributed by atoms with Crippen molar-refractivity contribution in [3.05, 3.63) is 11.4 Å². The quantitative estimate of drug-likeness (QED) is 0.773. The Morgan fingerprint density at radius 2 is 2.00 bits per heavy atom. The summed E-state index contributed by atoms with van der Waals surface area (Å²) < 4.78 is 1.79. The lowest BCUT2D eigenvalue weighted by molar-refractivity contribution is -0.116. The molecule has 1 N–H and O–H groups in total. The molecule has 1 aromatic rings. The molecule has 0 aliphatic carbocycles. The maximum atomic E-state index is 11.7. The second-order valence-corrected chi connectivity index (χ2v) is 4.53. The Bertz CT molecular complexity index is 382. The van der Waals surface area contributed by atoms with E-state index in [4.69, 9.17) is 0 Å². The van der Waals surface area contributed by atoms with E-state index in [0.29, 0.717) is 6.42 Å². The number of aromatic nitrogens is 2. The van der Waals surface area contributed by atoms with E-state index in [1.54, 1.807) is 4.68 Å². The van der Waals surface area contributed by atoms with Gasteiger partial charge in [0.25, 0.3) is 0 Å². The molecule has 0 aliphatic heterocycles. The lowest BCUT2D eigenvalue weighted by Crippen LogP contribution is -2.12. The largest absolute Gasteiger partial charge is 0.323 e. The van der Waals surface area contributed by atoms with Gasteiger partial charge >= 0.3 is 0 Å². The predicted octanol–water partition coefficient (Wildman–Crippen LogP) is 2.95. The number of carbonyl (C=O) groups is 1. The second-order valence-electron chi connectivity index (χ2n) is 4.53. The normalized spacial score (nSPS) is 10.6. The summed E-state index contributed by atoms with van der Waals surface area (Å²) in [6.07, 6.45) is 5.11. The number of anilines is 1. The van der Waals surface area contributed by atoms with Crippen molar-refractivity contribution in [3.8, 4) is 0 Å². The summed E-state index contributed by atoms with van der Waals surface area (Å²) in [6.45, 7) is 6.05. The Labute approximate surface area is 103 Å². The van der Waals surface area contributed by atoms with Crippen LogP contribution in [0.25, 0.3) is 0 Å². The summed E-state index contributed by atoms with van der Waals surface area (Å²) in [7, 11) is 1.89. The maximum absolute atomic E-state index is 11.7. The summed E-state index contributed by atoms with van der Waals surface area (Å²) in [5, 5.41) is 7.23. The molecule has 0 fully saturated rings. The average Bonchev–Trinajstić information content (AvgIpc) is 2.52. The van der Waals surface area contributed by atoms with E-state index in [0.717, 1.165) is 29.9 Å². The summed E-state index contributed by atoms with van der Waals surface area (Å²) in [5.74, 6) is 0.0975. The van der Waals surface area contributed by atoms with Gasteiger partial charge in [-0.1, -0.05) is 26.2 Å². The van der Waals surface area contributed by atoms with Crippen molar-refractivity contribution in [2.75, 3.05) is 5.32 Å². The van der Waals surface area contributed by atoms with Crippen molar-refractivity contribution in [2.45, 2.75) is 52.9 Å². The van der Waals surface area contributed by atoms with E-state index >= 15 is 0 Å². The highest BCUT2D eigenvalue weighted by molar-refractivity contribution is 5.91. The van der Waals surface area contributed by atoms with Crippen molar-refractivity contribution in [1.82, 2.24) is 9.78 Å². The lowest BCUT2D eigenvalue weighted by atomic mass is 10.1. The molecule has 96 valence electrons. The standard InChI is InChI=1S/C13H23N3O/c1-5-6-7-8-9-12(17)14-13-10(2)15-16(4)11(13)3/h5-9H2,1-4H3,(H,14,17). The number of nitrogens with zero attached hydrogens (tertiary/aromatic N) is 2. The van der Waals surface area contributed by atoms with Crippen LogP contribution >= 0.6 is 0 Å². The Hall–Kier alpha value is -1.32. The monoisotopic (exact) mass is 237 g/mol. The molecule has 0 spiro atoms. The van der Waals surface area contributed by atoms with Crippen molar-refractivity contribution >= 4 is 11.6 Å². The number of hydrogen-bond donors (Lipinski definition) is 1. The number of unbranched alkanes of at least 4 members (excludes halogenated alkanes) is 3.